The number of hydrogen-bond donors (Lipinski definition) is 1. The third-order valence-electron chi connectivity index (χ3n) is 4.75. The molecule has 1 aliphatic carbocycles. The van der Waals surface area contributed by atoms with Gasteiger partial charge in [-0.15, -0.1) is 0 Å². The Labute approximate surface area is 125 Å². The number of para-hydroxylation sites is 1. The fraction of sp³-hybridized carbons (Fsp3) is 0.529. The molecule has 3 rings (SSSR count). The number of benzene rings is 1. The molecule has 2 amide bonds. The van der Waals surface area contributed by atoms with Gasteiger partial charge in [-0.1, -0.05) is 38.0 Å². The Hall–Kier alpha value is -1.84. The van der Waals surface area contributed by atoms with Gasteiger partial charge in [0, 0.05) is 18.3 Å². The van der Waals surface area contributed by atoms with Gasteiger partial charge in [0.25, 0.3) is 0 Å². The van der Waals surface area contributed by atoms with E-state index in [0.717, 1.165) is 36.9 Å². The Morgan fingerprint density at radius 2 is 1.95 bits per heavy atom. The summed E-state index contributed by atoms with van der Waals surface area (Å²) in [6, 6.07) is 7.95. The van der Waals surface area contributed by atoms with Gasteiger partial charge >= 0.3 is 11.8 Å². The molecule has 1 N–H and O–H groups in total. The van der Waals surface area contributed by atoms with Crippen molar-refractivity contribution in [2.45, 2.75) is 45.1 Å². The zero-order valence-corrected chi connectivity index (χ0v) is 12.5. The van der Waals surface area contributed by atoms with Crippen LogP contribution in [0.5, 0.6) is 0 Å². The Morgan fingerprint density at radius 3 is 2.76 bits per heavy atom. The maximum atomic E-state index is 12.4. The quantitative estimate of drug-likeness (QED) is 0.805. The van der Waals surface area contributed by atoms with Gasteiger partial charge in [0.05, 0.1) is 0 Å². The number of fused-ring (bicyclic) bond motifs is 1. The highest BCUT2D eigenvalue weighted by atomic mass is 16.2. The van der Waals surface area contributed by atoms with Gasteiger partial charge in [0.2, 0.25) is 0 Å². The first kappa shape index (κ1) is 14.1. The van der Waals surface area contributed by atoms with Crippen LogP contribution in [0, 0.1) is 5.92 Å². The van der Waals surface area contributed by atoms with Crippen LogP contribution >= 0.6 is 0 Å². The maximum absolute atomic E-state index is 12.4. The van der Waals surface area contributed by atoms with Gasteiger partial charge < -0.3 is 10.2 Å². The lowest BCUT2D eigenvalue weighted by atomic mass is 9.86. The van der Waals surface area contributed by atoms with Crippen LogP contribution in [0.3, 0.4) is 0 Å². The Balaban J connectivity index is 1.67. The molecule has 1 aliphatic heterocycles. The van der Waals surface area contributed by atoms with Crippen LogP contribution in [-0.4, -0.2) is 24.4 Å². The van der Waals surface area contributed by atoms with E-state index in [1.165, 1.54) is 6.42 Å². The molecule has 4 nitrogen and oxygen atoms in total. The van der Waals surface area contributed by atoms with Crippen LogP contribution in [0.1, 0.15) is 38.2 Å². The summed E-state index contributed by atoms with van der Waals surface area (Å²) in [5.41, 5.74) is 2.03. The largest absolute Gasteiger partial charge is 0.345 e. The summed E-state index contributed by atoms with van der Waals surface area (Å²) in [6.07, 6.45) is 5.30. The van der Waals surface area contributed by atoms with Gasteiger partial charge in [0.15, 0.2) is 0 Å². The molecule has 21 heavy (non-hydrogen) atoms. The molecule has 1 heterocycles. The number of nitrogens with one attached hydrogen (secondary N) is 1. The lowest BCUT2D eigenvalue weighted by Gasteiger charge is -2.29. The SMILES string of the molecule is CC1CCCCC1NC(=O)C(=O)N1CCc2ccccc21. The Bertz CT molecular complexity index is 555. The number of rotatable bonds is 1. The first-order valence-corrected chi connectivity index (χ1v) is 7.87. The fourth-order valence-electron chi connectivity index (χ4n) is 3.43. The summed E-state index contributed by atoms with van der Waals surface area (Å²) >= 11 is 0. The van der Waals surface area contributed by atoms with E-state index in [0.29, 0.717) is 12.5 Å². The first-order chi connectivity index (χ1) is 10.2. The second-order valence-corrected chi connectivity index (χ2v) is 6.18. The summed E-state index contributed by atoms with van der Waals surface area (Å²) in [7, 11) is 0. The molecule has 1 saturated carbocycles. The number of carbonyl (C=O) groups is 2. The summed E-state index contributed by atoms with van der Waals surface area (Å²) < 4.78 is 0. The van der Waals surface area contributed by atoms with Gasteiger partial charge in [0.1, 0.15) is 0 Å². The first-order valence-electron chi connectivity index (χ1n) is 7.87. The minimum Gasteiger partial charge on any atom is -0.345 e. The molecule has 0 radical (unpaired) electrons. The zero-order chi connectivity index (χ0) is 14.8. The number of amides is 2. The monoisotopic (exact) mass is 286 g/mol. The van der Waals surface area contributed by atoms with Crippen molar-refractivity contribution in [1.29, 1.82) is 0 Å². The molecule has 2 aliphatic rings. The predicted octanol–water partition coefficient (Wildman–Crippen LogP) is 2.27. The molecule has 2 unspecified atom stereocenters. The lowest BCUT2D eigenvalue weighted by Crippen LogP contribution is -2.48. The van der Waals surface area contributed by atoms with Crippen LogP contribution in [0.4, 0.5) is 5.69 Å². The molecule has 0 aromatic heterocycles. The number of nitrogens with zero attached hydrogens (tertiary/aromatic N) is 1. The van der Waals surface area contributed by atoms with Gasteiger partial charge in [-0.05, 0) is 36.8 Å². The van der Waals surface area contributed by atoms with E-state index in [1.807, 2.05) is 24.3 Å². The van der Waals surface area contributed by atoms with Gasteiger partial charge in [-0.3, -0.25) is 9.59 Å². The van der Waals surface area contributed by atoms with Gasteiger partial charge in [-0.25, -0.2) is 0 Å². The van der Waals surface area contributed by atoms with Crippen molar-refractivity contribution in [2.75, 3.05) is 11.4 Å². The van der Waals surface area contributed by atoms with Crippen LogP contribution in [0.25, 0.3) is 0 Å². The van der Waals surface area contributed by atoms with Crippen molar-refractivity contribution in [2.24, 2.45) is 5.92 Å². The van der Waals surface area contributed by atoms with Crippen molar-refractivity contribution >= 4 is 17.5 Å². The third-order valence-corrected chi connectivity index (χ3v) is 4.75. The standard InChI is InChI=1S/C17H22N2O2/c1-12-6-2-4-8-14(12)18-16(20)17(21)19-11-10-13-7-3-5-9-15(13)19/h3,5,7,9,12,14H,2,4,6,8,10-11H2,1H3,(H,18,20). The van der Waals surface area contributed by atoms with E-state index in [1.54, 1.807) is 4.90 Å². The highest BCUT2D eigenvalue weighted by Gasteiger charge is 2.31. The summed E-state index contributed by atoms with van der Waals surface area (Å²) in [5.74, 6) is -0.412. The number of anilines is 1. The second-order valence-electron chi connectivity index (χ2n) is 6.18. The second kappa shape index (κ2) is 5.88. The maximum Gasteiger partial charge on any atom is 0.316 e. The average molecular weight is 286 g/mol. The highest BCUT2D eigenvalue weighted by molar-refractivity contribution is 6.40. The van der Waals surface area contributed by atoms with E-state index < -0.39 is 11.8 Å². The van der Waals surface area contributed by atoms with E-state index in [-0.39, 0.29) is 6.04 Å². The van der Waals surface area contributed by atoms with Crippen molar-refractivity contribution in [3.63, 3.8) is 0 Å². The van der Waals surface area contributed by atoms with E-state index >= 15 is 0 Å². The molecule has 2 atom stereocenters. The highest BCUT2D eigenvalue weighted by Crippen LogP contribution is 2.28. The van der Waals surface area contributed by atoms with Crippen LogP contribution in [0.15, 0.2) is 24.3 Å². The summed E-state index contributed by atoms with van der Waals surface area (Å²) in [6.45, 7) is 2.76. The Morgan fingerprint density at radius 1 is 1.19 bits per heavy atom. The molecule has 112 valence electrons. The third kappa shape index (κ3) is 2.80. The minimum absolute atomic E-state index is 0.146. The predicted molar refractivity (Wildman–Crippen MR) is 82.1 cm³/mol. The normalized spacial score (nSPS) is 24.5. The molecule has 1 aromatic rings. The van der Waals surface area contributed by atoms with Crippen molar-refractivity contribution in [3.8, 4) is 0 Å². The molecule has 1 fully saturated rings. The summed E-state index contributed by atoms with van der Waals surface area (Å²) in [5, 5.41) is 2.95. The fourth-order valence-corrected chi connectivity index (χ4v) is 3.43. The molecule has 1 aromatic carbocycles. The molecule has 0 saturated heterocycles. The smallest absolute Gasteiger partial charge is 0.316 e. The molecule has 4 heteroatoms. The van der Waals surface area contributed by atoms with Crippen molar-refractivity contribution in [3.05, 3.63) is 29.8 Å². The van der Waals surface area contributed by atoms with Crippen LogP contribution in [0.2, 0.25) is 0 Å². The summed E-state index contributed by atoms with van der Waals surface area (Å²) in [4.78, 5) is 26.3. The molecule has 0 bridgehead atoms. The number of carbonyl (C=O) groups excluding carboxylic acids is 2. The molecule has 0 spiro atoms. The number of hydrogen-bond acceptors (Lipinski definition) is 2. The molecular formula is C17H22N2O2. The van der Waals surface area contributed by atoms with E-state index in [9.17, 15) is 9.59 Å². The van der Waals surface area contributed by atoms with E-state index in [2.05, 4.69) is 12.2 Å². The average Bonchev–Trinajstić information content (AvgIpc) is 2.92. The van der Waals surface area contributed by atoms with Gasteiger partial charge in [-0.2, -0.15) is 0 Å². The van der Waals surface area contributed by atoms with Crippen molar-refractivity contribution < 1.29 is 9.59 Å². The van der Waals surface area contributed by atoms with E-state index in [4.69, 9.17) is 0 Å². The van der Waals surface area contributed by atoms with Crippen molar-refractivity contribution in [1.82, 2.24) is 5.32 Å². The zero-order valence-electron chi connectivity index (χ0n) is 12.5. The van der Waals surface area contributed by atoms with Crippen LogP contribution in [-0.2, 0) is 16.0 Å². The minimum atomic E-state index is -0.453. The molecular weight excluding hydrogens is 264 g/mol. The Kier molecular flexibility index (Phi) is 3.95. The van der Waals surface area contributed by atoms with Crippen LogP contribution < -0.4 is 10.2 Å². The lowest BCUT2D eigenvalue weighted by molar-refractivity contribution is -0.138. The topological polar surface area (TPSA) is 49.4 Å².